The lowest BCUT2D eigenvalue weighted by Crippen LogP contribution is -2.24. The predicted octanol–water partition coefficient (Wildman–Crippen LogP) is 7.82. The van der Waals surface area contributed by atoms with Crippen molar-refractivity contribution >= 4 is 5.97 Å². The number of fused-ring (bicyclic) bond motifs is 1. The van der Waals surface area contributed by atoms with Gasteiger partial charge < -0.3 is 9.84 Å². The van der Waals surface area contributed by atoms with Gasteiger partial charge in [-0.2, -0.15) is 0 Å². The lowest BCUT2D eigenvalue weighted by atomic mass is 9.73. The first-order chi connectivity index (χ1) is 16.4. The average Bonchev–Trinajstić information content (AvgIpc) is 2.87. The molecule has 1 aliphatic heterocycles. The maximum atomic E-state index is 14.9. The summed E-state index contributed by atoms with van der Waals surface area (Å²) >= 11 is 0. The molecule has 1 heterocycles. The number of benzene rings is 2. The molecule has 0 spiro atoms. The number of cyclic esters (lactones) is 1. The van der Waals surface area contributed by atoms with E-state index < -0.39 is 24.0 Å². The molecule has 3 nitrogen and oxygen atoms in total. The molecule has 0 aromatic heterocycles. The van der Waals surface area contributed by atoms with Crippen molar-refractivity contribution in [1.29, 1.82) is 0 Å². The van der Waals surface area contributed by atoms with Crippen LogP contribution in [0, 0.1) is 17.7 Å². The van der Waals surface area contributed by atoms with Crippen LogP contribution in [-0.2, 0) is 11.2 Å². The number of carbonyl (C=O) groups excluding carboxylic acids is 1. The van der Waals surface area contributed by atoms with Gasteiger partial charge in [-0.3, -0.25) is 0 Å². The van der Waals surface area contributed by atoms with Crippen molar-refractivity contribution in [2.24, 2.45) is 11.8 Å². The van der Waals surface area contributed by atoms with Crippen LogP contribution in [0.1, 0.15) is 123 Å². The van der Waals surface area contributed by atoms with Gasteiger partial charge in [-0.15, -0.1) is 0 Å². The molecule has 3 unspecified atom stereocenters. The predicted molar refractivity (Wildman–Crippen MR) is 133 cm³/mol. The highest BCUT2D eigenvalue weighted by Gasteiger charge is 2.32. The molecule has 2 aromatic rings. The zero-order valence-electron chi connectivity index (χ0n) is 20.9. The molecule has 1 fully saturated rings. The molecule has 0 bridgehead atoms. The van der Waals surface area contributed by atoms with E-state index in [1.807, 2.05) is 0 Å². The molecule has 184 valence electrons. The van der Waals surface area contributed by atoms with Gasteiger partial charge in [0.25, 0.3) is 0 Å². The lowest BCUT2D eigenvalue weighted by Gasteiger charge is -2.33. The molecule has 0 amide bonds. The van der Waals surface area contributed by atoms with Gasteiger partial charge in [0.2, 0.25) is 0 Å². The van der Waals surface area contributed by atoms with E-state index in [1.165, 1.54) is 50.5 Å². The fraction of sp³-hybridized carbons (Fsp3) is 0.567. The first-order valence-corrected chi connectivity index (χ1v) is 13.2. The number of hydrogen-bond acceptors (Lipinski definition) is 3. The standard InChI is InChI=1S/C30H39FO3/c1-4-6-7-20-8-10-21(11-9-20)19(3)22-12-14-23(15-13-22)27-18-24-16-17-25(26(32)5-2)29(31)28(24)30(33)34-27/h12-17,19-21,26-27,32H,4-11,18H2,1-3H3. The van der Waals surface area contributed by atoms with Gasteiger partial charge in [0.15, 0.2) is 0 Å². The summed E-state index contributed by atoms with van der Waals surface area (Å²) in [7, 11) is 0. The molecule has 4 rings (SSSR count). The van der Waals surface area contributed by atoms with Gasteiger partial charge >= 0.3 is 5.97 Å². The molecule has 2 aromatic carbocycles. The van der Waals surface area contributed by atoms with Crippen molar-refractivity contribution in [3.05, 3.63) is 70.0 Å². The third-order valence-electron chi connectivity index (χ3n) is 8.26. The van der Waals surface area contributed by atoms with Gasteiger partial charge in [-0.1, -0.05) is 89.3 Å². The summed E-state index contributed by atoms with van der Waals surface area (Å²) in [5.41, 5.74) is 3.06. The lowest BCUT2D eigenvalue weighted by molar-refractivity contribution is 0.0244. The Morgan fingerprint density at radius 1 is 1.06 bits per heavy atom. The van der Waals surface area contributed by atoms with Crippen LogP contribution < -0.4 is 0 Å². The molecular weight excluding hydrogens is 427 g/mol. The Hall–Kier alpha value is -2.20. The summed E-state index contributed by atoms with van der Waals surface area (Å²) in [4.78, 5) is 12.7. The van der Waals surface area contributed by atoms with Crippen molar-refractivity contribution in [3.8, 4) is 0 Å². The highest BCUT2D eigenvalue weighted by atomic mass is 19.1. The van der Waals surface area contributed by atoms with Crippen LogP contribution in [0.4, 0.5) is 4.39 Å². The SMILES string of the molecule is CCCCC1CCC(C(C)c2ccc(C3Cc4ccc(C(O)CC)c(F)c4C(=O)O3)cc2)CC1. The van der Waals surface area contributed by atoms with E-state index in [9.17, 15) is 14.3 Å². The Morgan fingerprint density at radius 3 is 2.41 bits per heavy atom. The van der Waals surface area contributed by atoms with E-state index in [4.69, 9.17) is 4.74 Å². The minimum atomic E-state index is -0.920. The molecule has 4 heteroatoms. The maximum absolute atomic E-state index is 14.9. The highest BCUT2D eigenvalue weighted by molar-refractivity contribution is 5.93. The second-order valence-electron chi connectivity index (χ2n) is 10.4. The summed E-state index contributed by atoms with van der Waals surface area (Å²) in [6, 6.07) is 11.8. The van der Waals surface area contributed by atoms with E-state index in [1.54, 1.807) is 19.1 Å². The monoisotopic (exact) mass is 466 g/mol. The summed E-state index contributed by atoms with van der Waals surface area (Å²) < 4.78 is 20.6. The van der Waals surface area contributed by atoms with Crippen molar-refractivity contribution in [3.63, 3.8) is 0 Å². The Bertz CT molecular complexity index is 975. The quantitative estimate of drug-likeness (QED) is 0.403. The minimum absolute atomic E-state index is 0.0268. The van der Waals surface area contributed by atoms with Crippen molar-refractivity contribution in [2.45, 2.75) is 96.7 Å². The van der Waals surface area contributed by atoms with E-state index in [0.717, 1.165) is 17.4 Å². The molecule has 2 aliphatic rings. The fourth-order valence-corrected chi connectivity index (χ4v) is 5.87. The molecule has 3 atom stereocenters. The summed E-state index contributed by atoms with van der Waals surface area (Å²) in [5.74, 6) is 0.878. The minimum Gasteiger partial charge on any atom is -0.453 e. The largest absolute Gasteiger partial charge is 0.453 e. The first kappa shape index (κ1) is 24.9. The highest BCUT2D eigenvalue weighted by Crippen LogP contribution is 2.40. The Morgan fingerprint density at radius 2 is 1.76 bits per heavy atom. The molecule has 1 N–H and O–H groups in total. The van der Waals surface area contributed by atoms with Crippen LogP contribution in [-0.4, -0.2) is 11.1 Å². The summed E-state index contributed by atoms with van der Waals surface area (Å²) in [6.45, 7) is 6.40. The number of ether oxygens (including phenoxy) is 1. The van der Waals surface area contributed by atoms with Crippen LogP contribution in [0.15, 0.2) is 36.4 Å². The van der Waals surface area contributed by atoms with Crippen molar-refractivity contribution in [1.82, 2.24) is 0 Å². The van der Waals surface area contributed by atoms with E-state index in [2.05, 4.69) is 38.1 Å². The number of carbonyl (C=O) groups is 1. The Balaban J connectivity index is 1.42. The molecular formula is C30H39FO3. The average molecular weight is 467 g/mol. The Labute approximate surface area is 203 Å². The number of halogens is 1. The molecule has 0 radical (unpaired) electrons. The normalized spacial score (nSPS) is 24.3. The van der Waals surface area contributed by atoms with Crippen LogP contribution >= 0.6 is 0 Å². The number of aliphatic hydroxyl groups is 1. The topological polar surface area (TPSA) is 46.5 Å². The number of hydrogen-bond donors (Lipinski definition) is 1. The van der Waals surface area contributed by atoms with Crippen molar-refractivity contribution in [2.75, 3.05) is 0 Å². The second kappa shape index (κ2) is 11.0. The zero-order chi connectivity index (χ0) is 24.2. The van der Waals surface area contributed by atoms with E-state index in [-0.39, 0.29) is 11.1 Å². The smallest absolute Gasteiger partial charge is 0.342 e. The third kappa shape index (κ3) is 5.22. The van der Waals surface area contributed by atoms with Crippen molar-refractivity contribution < 1.29 is 19.0 Å². The van der Waals surface area contributed by atoms with Gasteiger partial charge in [0.05, 0.1) is 11.7 Å². The maximum Gasteiger partial charge on any atom is 0.342 e. The summed E-state index contributed by atoms with van der Waals surface area (Å²) in [5, 5.41) is 10.0. The fourth-order valence-electron chi connectivity index (χ4n) is 5.87. The zero-order valence-corrected chi connectivity index (χ0v) is 20.9. The van der Waals surface area contributed by atoms with Gasteiger partial charge in [0.1, 0.15) is 11.9 Å². The molecule has 0 saturated heterocycles. The van der Waals surface area contributed by atoms with Crippen LogP contribution in [0.2, 0.25) is 0 Å². The Kier molecular flexibility index (Phi) is 8.08. The van der Waals surface area contributed by atoms with Gasteiger partial charge in [-0.05, 0) is 53.7 Å². The van der Waals surface area contributed by atoms with E-state index >= 15 is 0 Å². The molecule has 34 heavy (non-hydrogen) atoms. The van der Waals surface area contributed by atoms with E-state index in [0.29, 0.717) is 24.3 Å². The molecule has 1 aliphatic carbocycles. The third-order valence-corrected chi connectivity index (χ3v) is 8.26. The van der Waals surface area contributed by atoms with Crippen LogP contribution in [0.25, 0.3) is 0 Å². The van der Waals surface area contributed by atoms with Crippen LogP contribution in [0.5, 0.6) is 0 Å². The number of unbranched alkanes of at least 4 members (excludes halogenated alkanes) is 1. The summed E-state index contributed by atoms with van der Waals surface area (Å²) in [6.07, 6.45) is 8.88. The second-order valence-corrected chi connectivity index (χ2v) is 10.4. The van der Waals surface area contributed by atoms with Gasteiger partial charge in [-0.25, -0.2) is 9.18 Å². The van der Waals surface area contributed by atoms with Crippen LogP contribution in [0.3, 0.4) is 0 Å². The number of rotatable bonds is 8. The number of aliphatic hydroxyl groups excluding tert-OH is 1. The number of esters is 1. The molecule has 1 saturated carbocycles. The first-order valence-electron chi connectivity index (χ1n) is 13.2. The van der Waals surface area contributed by atoms with Gasteiger partial charge in [0, 0.05) is 12.0 Å².